The molecule has 1 aliphatic rings. The number of nitrogens with one attached hydrogen (secondary N) is 3. The maximum Gasteiger partial charge on any atom is 0.252 e. The molecule has 0 spiro atoms. The number of fused-ring (bicyclic) bond motifs is 1. The van der Waals surface area contributed by atoms with Crippen molar-refractivity contribution in [3.05, 3.63) is 64.8 Å². The van der Waals surface area contributed by atoms with E-state index in [9.17, 15) is 4.79 Å². The van der Waals surface area contributed by atoms with Crippen LogP contribution in [0.15, 0.2) is 48.5 Å². The smallest absolute Gasteiger partial charge is 0.252 e. The van der Waals surface area contributed by atoms with Crippen molar-refractivity contribution in [1.82, 2.24) is 20.7 Å². The summed E-state index contributed by atoms with van der Waals surface area (Å²) in [6.45, 7) is 2.98. The van der Waals surface area contributed by atoms with Gasteiger partial charge in [-0.05, 0) is 43.3 Å². The molecule has 4 rings (SSSR count). The molecule has 7 heteroatoms. The minimum Gasteiger partial charge on any atom is -0.497 e. The molecule has 2 unspecified atom stereocenters. The number of nitrogens with zero attached hydrogens (tertiary/aromatic N) is 1. The van der Waals surface area contributed by atoms with E-state index in [0.29, 0.717) is 10.6 Å². The first-order valence-corrected chi connectivity index (χ1v) is 9.71. The summed E-state index contributed by atoms with van der Waals surface area (Å²) < 4.78 is 7.65. The average molecular weight is 399 g/mol. The molecule has 2 aromatic carbocycles. The van der Waals surface area contributed by atoms with Gasteiger partial charge in [0, 0.05) is 40.7 Å². The van der Waals surface area contributed by atoms with Crippen molar-refractivity contribution < 1.29 is 9.53 Å². The lowest BCUT2D eigenvalue weighted by molar-refractivity contribution is 0.0932. The predicted molar refractivity (Wildman–Crippen MR) is 110 cm³/mol. The van der Waals surface area contributed by atoms with Crippen LogP contribution in [0, 0.1) is 0 Å². The number of hydrogen-bond acceptors (Lipinski definition) is 4. The van der Waals surface area contributed by atoms with Crippen molar-refractivity contribution in [1.29, 1.82) is 0 Å². The van der Waals surface area contributed by atoms with Gasteiger partial charge in [-0.2, -0.15) is 0 Å². The van der Waals surface area contributed by atoms with Crippen LogP contribution in [0.1, 0.15) is 35.4 Å². The van der Waals surface area contributed by atoms with Crippen molar-refractivity contribution in [2.24, 2.45) is 0 Å². The van der Waals surface area contributed by atoms with Crippen LogP contribution in [0.2, 0.25) is 5.02 Å². The molecule has 1 aliphatic heterocycles. The molecule has 6 nitrogen and oxygen atoms in total. The van der Waals surface area contributed by atoms with E-state index >= 15 is 0 Å². The summed E-state index contributed by atoms with van der Waals surface area (Å²) in [6.07, 6.45) is 0.564. The average Bonchev–Trinajstić information content (AvgIpc) is 3.31. The third-order valence-electron chi connectivity index (χ3n) is 5.11. The highest BCUT2D eigenvalue weighted by Crippen LogP contribution is 2.30. The number of hydrogen-bond donors (Lipinski definition) is 3. The van der Waals surface area contributed by atoms with Crippen LogP contribution >= 0.6 is 11.6 Å². The molecule has 0 radical (unpaired) electrons. The second-order valence-electron chi connectivity index (χ2n) is 6.85. The molecule has 3 N–H and O–H groups in total. The second kappa shape index (κ2) is 7.83. The van der Waals surface area contributed by atoms with E-state index in [4.69, 9.17) is 16.3 Å². The third-order valence-corrected chi connectivity index (χ3v) is 5.35. The Hall–Kier alpha value is -2.54. The van der Waals surface area contributed by atoms with Gasteiger partial charge in [-0.15, -0.1) is 0 Å². The van der Waals surface area contributed by atoms with Gasteiger partial charge in [0.1, 0.15) is 5.75 Å². The lowest BCUT2D eigenvalue weighted by Gasteiger charge is -2.14. The zero-order valence-electron chi connectivity index (χ0n) is 15.8. The molecule has 1 aromatic heterocycles. The SMILES string of the molecule is CCn1c(C2CC(NC(=O)c3cccc(Cl)c3)NN2)cc2ccc(OC)cc21. The Morgan fingerprint density at radius 2 is 2.11 bits per heavy atom. The quantitative estimate of drug-likeness (QED) is 0.614. The van der Waals surface area contributed by atoms with Gasteiger partial charge in [0.25, 0.3) is 5.91 Å². The molecule has 3 aromatic rings. The number of aryl methyl sites for hydroxylation is 1. The van der Waals surface area contributed by atoms with Crippen LogP contribution in [0.4, 0.5) is 0 Å². The van der Waals surface area contributed by atoms with Crippen molar-refractivity contribution in [3.63, 3.8) is 0 Å². The lowest BCUT2D eigenvalue weighted by atomic mass is 10.1. The van der Waals surface area contributed by atoms with Gasteiger partial charge in [0.05, 0.1) is 24.8 Å². The number of halogens is 1. The molecule has 28 heavy (non-hydrogen) atoms. The van der Waals surface area contributed by atoms with E-state index in [1.165, 1.54) is 11.1 Å². The number of aromatic nitrogens is 1. The first-order valence-electron chi connectivity index (χ1n) is 9.33. The van der Waals surface area contributed by atoms with Crippen LogP contribution in [0.5, 0.6) is 5.75 Å². The van der Waals surface area contributed by atoms with Gasteiger partial charge in [-0.3, -0.25) is 4.79 Å². The zero-order chi connectivity index (χ0) is 19.7. The summed E-state index contributed by atoms with van der Waals surface area (Å²) in [6, 6.07) is 15.3. The molecular formula is C21H23ClN4O2. The number of carbonyl (C=O) groups is 1. The maximum atomic E-state index is 12.5. The van der Waals surface area contributed by atoms with E-state index in [2.05, 4.69) is 45.9 Å². The lowest BCUT2D eigenvalue weighted by Crippen LogP contribution is -2.44. The second-order valence-corrected chi connectivity index (χ2v) is 7.29. The number of rotatable bonds is 5. The van der Waals surface area contributed by atoms with Gasteiger partial charge in [-0.25, -0.2) is 10.9 Å². The Balaban J connectivity index is 1.52. The molecule has 2 atom stereocenters. The Morgan fingerprint density at radius 1 is 1.25 bits per heavy atom. The number of amides is 1. The minimum absolute atomic E-state index is 0.0861. The van der Waals surface area contributed by atoms with Gasteiger partial charge >= 0.3 is 0 Å². The van der Waals surface area contributed by atoms with Gasteiger partial charge < -0.3 is 14.6 Å². The summed E-state index contributed by atoms with van der Waals surface area (Å²) >= 11 is 5.98. The molecule has 1 fully saturated rings. The summed E-state index contributed by atoms with van der Waals surface area (Å²) in [5.74, 6) is 0.694. The number of hydrazine groups is 1. The van der Waals surface area contributed by atoms with Crippen molar-refractivity contribution in [2.75, 3.05) is 7.11 Å². The Kier molecular flexibility index (Phi) is 5.26. The molecule has 1 saturated heterocycles. The molecule has 2 heterocycles. The van der Waals surface area contributed by atoms with E-state index in [0.717, 1.165) is 24.2 Å². The van der Waals surface area contributed by atoms with E-state index in [1.54, 1.807) is 31.4 Å². The Morgan fingerprint density at radius 3 is 2.86 bits per heavy atom. The summed E-state index contributed by atoms with van der Waals surface area (Å²) in [5, 5.41) is 4.73. The summed E-state index contributed by atoms with van der Waals surface area (Å²) in [4.78, 5) is 12.5. The normalized spacial score (nSPS) is 19.1. The fourth-order valence-electron chi connectivity index (χ4n) is 3.74. The molecule has 1 amide bonds. The highest BCUT2D eigenvalue weighted by Gasteiger charge is 2.29. The van der Waals surface area contributed by atoms with Crippen molar-refractivity contribution in [2.45, 2.75) is 32.1 Å². The van der Waals surface area contributed by atoms with Crippen LogP contribution in [0.3, 0.4) is 0 Å². The number of methoxy groups -OCH3 is 1. The molecular weight excluding hydrogens is 376 g/mol. The standard InChI is InChI=1S/C21H23ClN4O2/c1-3-26-18-11-16(28-2)8-7-13(18)10-19(26)17-12-20(25-24-17)23-21(27)14-5-4-6-15(22)9-14/h4-11,17,20,24-25H,3,12H2,1-2H3,(H,23,27). The zero-order valence-corrected chi connectivity index (χ0v) is 16.6. The third kappa shape index (κ3) is 3.58. The van der Waals surface area contributed by atoms with Gasteiger partial charge in [0.2, 0.25) is 0 Å². The predicted octanol–water partition coefficient (Wildman–Crippen LogP) is 3.62. The van der Waals surface area contributed by atoms with E-state index < -0.39 is 0 Å². The highest BCUT2D eigenvalue weighted by molar-refractivity contribution is 6.30. The Labute approximate surface area is 168 Å². The van der Waals surface area contributed by atoms with Gasteiger partial charge in [-0.1, -0.05) is 17.7 Å². The fourth-order valence-corrected chi connectivity index (χ4v) is 3.93. The number of ether oxygens (including phenoxy) is 1. The minimum atomic E-state index is -0.172. The molecule has 0 aliphatic carbocycles. The first kappa shape index (κ1) is 18.8. The number of carbonyl (C=O) groups excluding carboxylic acids is 1. The first-order chi connectivity index (χ1) is 13.6. The van der Waals surface area contributed by atoms with Crippen LogP contribution < -0.4 is 20.9 Å². The number of benzene rings is 2. The van der Waals surface area contributed by atoms with Crippen molar-refractivity contribution >= 4 is 28.4 Å². The maximum absolute atomic E-state index is 12.5. The molecule has 146 valence electrons. The molecule has 0 bridgehead atoms. The van der Waals surface area contributed by atoms with E-state index in [-0.39, 0.29) is 18.1 Å². The summed E-state index contributed by atoms with van der Waals surface area (Å²) in [5.41, 5.74) is 9.37. The van der Waals surface area contributed by atoms with Crippen molar-refractivity contribution in [3.8, 4) is 5.75 Å². The summed E-state index contributed by atoms with van der Waals surface area (Å²) in [7, 11) is 1.68. The fraction of sp³-hybridized carbons (Fsp3) is 0.286. The van der Waals surface area contributed by atoms with Crippen LogP contribution in [-0.2, 0) is 6.54 Å². The monoisotopic (exact) mass is 398 g/mol. The topological polar surface area (TPSA) is 67.3 Å². The van der Waals surface area contributed by atoms with Crippen LogP contribution in [-0.4, -0.2) is 23.7 Å². The van der Waals surface area contributed by atoms with Gasteiger partial charge in [0.15, 0.2) is 0 Å². The van der Waals surface area contributed by atoms with Crippen LogP contribution in [0.25, 0.3) is 10.9 Å². The Bertz CT molecular complexity index is 1020. The highest BCUT2D eigenvalue weighted by atomic mass is 35.5. The molecule has 0 saturated carbocycles. The van der Waals surface area contributed by atoms with E-state index in [1.807, 2.05) is 6.07 Å². The largest absolute Gasteiger partial charge is 0.497 e.